The molecule has 0 fully saturated rings. The number of halogens is 1. The van der Waals surface area contributed by atoms with Crippen molar-refractivity contribution in [1.29, 1.82) is 0 Å². The highest BCUT2D eigenvalue weighted by molar-refractivity contribution is 5.85. The van der Waals surface area contributed by atoms with Crippen LogP contribution in [0.5, 0.6) is 0 Å². The molecule has 3 nitrogen and oxygen atoms in total. The number of rotatable bonds is 7. The van der Waals surface area contributed by atoms with Gasteiger partial charge in [-0.25, -0.2) is 0 Å². The van der Waals surface area contributed by atoms with Gasteiger partial charge in [0.1, 0.15) is 0 Å². The van der Waals surface area contributed by atoms with Crippen LogP contribution in [0.2, 0.25) is 0 Å². The van der Waals surface area contributed by atoms with E-state index < -0.39 is 0 Å². The van der Waals surface area contributed by atoms with Crippen molar-refractivity contribution >= 4 is 18.3 Å². The summed E-state index contributed by atoms with van der Waals surface area (Å²) in [5.74, 6) is 0.0972. The Balaban J connectivity index is 0.00000288. The first-order chi connectivity index (χ1) is 11.1. The Bertz CT molecular complexity index is 602. The molecule has 3 atom stereocenters. The van der Waals surface area contributed by atoms with Crippen molar-refractivity contribution in [2.24, 2.45) is 11.7 Å². The summed E-state index contributed by atoms with van der Waals surface area (Å²) in [6.07, 6.45) is 0.900. The predicted octanol–water partition coefficient (Wildman–Crippen LogP) is 3.53. The third-order valence-electron chi connectivity index (χ3n) is 4.32. The zero-order valence-electron chi connectivity index (χ0n) is 14.3. The number of nitrogens with two attached hydrogens (primary N) is 1. The highest BCUT2D eigenvalue weighted by atomic mass is 35.5. The summed E-state index contributed by atoms with van der Waals surface area (Å²) < 4.78 is 0. The fourth-order valence-corrected chi connectivity index (χ4v) is 2.56. The number of amides is 1. The van der Waals surface area contributed by atoms with Gasteiger partial charge in [-0.15, -0.1) is 12.4 Å². The molecule has 0 aromatic heterocycles. The van der Waals surface area contributed by atoms with Crippen LogP contribution in [-0.2, 0) is 11.2 Å². The molecule has 0 aliphatic heterocycles. The van der Waals surface area contributed by atoms with Crippen molar-refractivity contribution in [3.05, 3.63) is 71.8 Å². The summed E-state index contributed by atoms with van der Waals surface area (Å²) in [4.78, 5) is 12.2. The summed E-state index contributed by atoms with van der Waals surface area (Å²) >= 11 is 0. The quantitative estimate of drug-likeness (QED) is 0.805. The van der Waals surface area contributed by atoms with Gasteiger partial charge in [-0.3, -0.25) is 4.79 Å². The second kappa shape index (κ2) is 10.1. The van der Waals surface area contributed by atoms with Crippen molar-refractivity contribution in [3.63, 3.8) is 0 Å². The van der Waals surface area contributed by atoms with Crippen LogP contribution in [0, 0.1) is 5.92 Å². The second-order valence-corrected chi connectivity index (χ2v) is 6.19. The molecule has 0 aliphatic rings. The zero-order chi connectivity index (χ0) is 16.7. The molecule has 0 radical (unpaired) electrons. The van der Waals surface area contributed by atoms with Crippen molar-refractivity contribution in [2.45, 2.75) is 32.2 Å². The summed E-state index contributed by atoms with van der Waals surface area (Å²) in [5.41, 5.74) is 8.33. The maximum absolute atomic E-state index is 12.2. The van der Waals surface area contributed by atoms with Gasteiger partial charge in [0, 0.05) is 24.4 Å². The first kappa shape index (κ1) is 20.2. The molecule has 2 aromatic carbocycles. The number of carbonyl (C=O) groups excluding carboxylic acids is 1. The number of carbonyl (C=O) groups is 1. The van der Waals surface area contributed by atoms with Gasteiger partial charge < -0.3 is 11.1 Å². The van der Waals surface area contributed by atoms with Crippen LogP contribution in [0.3, 0.4) is 0 Å². The zero-order valence-corrected chi connectivity index (χ0v) is 15.1. The molecule has 3 unspecified atom stereocenters. The smallest absolute Gasteiger partial charge is 0.224 e. The van der Waals surface area contributed by atoms with Gasteiger partial charge in [0.15, 0.2) is 0 Å². The fraction of sp³-hybridized carbons (Fsp3) is 0.350. The molecular formula is C20H27ClN2O. The van der Waals surface area contributed by atoms with E-state index >= 15 is 0 Å². The van der Waals surface area contributed by atoms with Crippen LogP contribution in [0.1, 0.15) is 30.9 Å². The molecule has 24 heavy (non-hydrogen) atoms. The molecule has 3 N–H and O–H groups in total. The third kappa shape index (κ3) is 5.99. The molecule has 4 heteroatoms. The maximum atomic E-state index is 12.2. The van der Waals surface area contributed by atoms with Gasteiger partial charge in [0.25, 0.3) is 0 Å². The average Bonchev–Trinajstić information content (AvgIpc) is 2.59. The van der Waals surface area contributed by atoms with Gasteiger partial charge in [0.2, 0.25) is 5.91 Å². The van der Waals surface area contributed by atoms with Crippen LogP contribution in [0.4, 0.5) is 0 Å². The topological polar surface area (TPSA) is 55.1 Å². The van der Waals surface area contributed by atoms with Gasteiger partial charge in [-0.1, -0.05) is 67.6 Å². The third-order valence-corrected chi connectivity index (χ3v) is 4.32. The van der Waals surface area contributed by atoms with Crippen LogP contribution in [-0.4, -0.2) is 18.5 Å². The first-order valence-electron chi connectivity index (χ1n) is 8.20. The van der Waals surface area contributed by atoms with Gasteiger partial charge >= 0.3 is 0 Å². The van der Waals surface area contributed by atoms with Crippen LogP contribution in [0.15, 0.2) is 60.7 Å². The second-order valence-electron chi connectivity index (χ2n) is 6.19. The molecule has 0 saturated heterocycles. The Morgan fingerprint density at radius 1 is 1.00 bits per heavy atom. The Morgan fingerprint density at radius 3 is 2.08 bits per heavy atom. The molecule has 0 heterocycles. The average molecular weight is 347 g/mol. The Morgan fingerprint density at radius 2 is 1.54 bits per heavy atom. The lowest BCUT2D eigenvalue weighted by molar-refractivity contribution is -0.125. The highest BCUT2D eigenvalue weighted by Crippen LogP contribution is 2.20. The van der Waals surface area contributed by atoms with E-state index in [0.29, 0.717) is 6.54 Å². The van der Waals surface area contributed by atoms with Crippen molar-refractivity contribution < 1.29 is 4.79 Å². The molecule has 2 rings (SSSR count). The highest BCUT2D eigenvalue weighted by Gasteiger charge is 2.19. The number of hydrogen-bond donors (Lipinski definition) is 2. The number of hydrogen-bond acceptors (Lipinski definition) is 2. The van der Waals surface area contributed by atoms with E-state index in [1.54, 1.807) is 0 Å². The lowest BCUT2D eigenvalue weighted by Gasteiger charge is -2.21. The van der Waals surface area contributed by atoms with E-state index in [1.165, 1.54) is 11.1 Å². The normalized spacial score (nSPS) is 14.1. The number of nitrogens with one attached hydrogen (secondary N) is 1. The van der Waals surface area contributed by atoms with E-state index in [0.717, 1.165) is 6.42 Å². The van der Waals surface area contributed by atoms with Crippen LogP contribution >= 0.6 is 12.4 Å². The van der Waals surface area contributed by atoms with E-state index in [1.807, 2.05) is 50.2 Å². The van der Waals surface area contributed by atoms with Crippen molar-refractivity contribution in [2.75, 3.05) is 6.54 Å². The maximum Gasteiger partial charge on any atom is 0.224 e. The summed E-state index contributed by atoms with van der Waals surface area (Å²) in [6.45, 7) is 4.35. The molecule has 2 aromatic rings. The predicted molar refractivity (Wildman–Crippen MR) is 102 cm³/mol. The molecule has 1 amide bonds. The summed E-state index contributed by atoms with van der Waals surface area (Å²) in [7, 11) is 0. The van der Waals surface area contributed by atoms with E-state index in [4.69, 9.17) is 5.73 Å². The van der Waals surface area contributed by atoms with Crippen molar-refractivity contribution in [3.8, 4) is 0 Å². The Kier molecular flexibility index (Phi) is 8.51. The van der Waals surface area contributed by atoms with E-state index in [2.05, 4.69) is 29.6 Å². The lowest BCUT2D eigenvalue weighted by Crippen LogP contribution is -2.40. The minimum absolute atomic E-state index is 0. The minimum atomic E-state index is -0.178. The van der Waals surface area contributed by atoms with Crippen LogP contribution in [0.25, 0.3) is 0 Å². The molecule has 130 valence electrons. The molecule has 0 bridgehead atoms. The standard InChI is InChI=1S/C20H26N2O.ClH/c1-15(16(2)21)20(23)22-14-19(18-11-7-4-8-12-18)13-17-9-5-3-6-10-17;/h3-12,15-16,19H,13-14,21H2,1-2H3,(H,22,23);1H. The van der Waals surface area contributed by atoms with Gasteiger partial charge in [-0.05, 0) is 24.5 Å². The van der Waals surface area contributed by atoms with E-state index in [-0.39, 0.29) is 36.2 Å². The van der Waals surface area contributed by atoms with Gasteiger partial charge in [-0.2, -0.15) is 0 Å². The Labute approximate surface area is 151 Å². The monoisotopic (exact) mass is 346 g/mol. The lowest BCUT2D eigenvalue weighted by atomic mass is 9.91. The fourth-order valence-electron chi connectivity index (χ4n) is 2.56. The van der Waals surface area contributed by atoms with Crippen molar-refractivity contribution in [1.82, 2.24) is 5.32 Å². The summed E-state index contributed by atoms with van der Waals surface area (Å²) in [6, 6.07) is 20.6. The molecule has 0 aliphatic carbocycles. The van der Waals surface area contributed by atoms with Gasteiger partial charge in [0.05, 0.1) is 0 Å². The summed E-state index contributed by atoms with van der Waals surface area (Å²) in [5, 5.41) is 3.06. The largest absolute Gasteiger partial charge is 0.355 e. The molecular weight excluding hydrogens is 320 g/mol. The van der Waals surface area contributed by atoms with E-state index in [9.17, 15) is 4.79 Å². The SMILES string of the molecule is CC(N)C(C)C(=O)NCC(Cc1ccccc1)c1ccccc1.Cl. The Hall–Kier alpha value is -1.84. The minimum Gasteiger partial charge on any atom is -0.355 e. The first-order valence-corrected chi connectivity index (χ1v) is 8.20. The molecule has 0 saturated carbocycles. The van der Waals surface area contributed by atoms with Crippen LogP contribution < -0.4 is 11.1 Å². The molecule has 0 spiro atoms. The number of benzene rings is 2.